The summed E-state index contributed by atoms with van der Waals surface area (Å²) in [6, 6.07) is 3.91. The Hall–Kier alpha value is -2.17. The van der Waals surface area contributed by atoms with Gasteiger partial charge in [0.05, 0.1) is 19.9 Å². The van der Waals surface area contributed by atoms with Gasteiger partial charge in [-0.25, -0.2) is 0 Å². The molecule has 0 atom stereocenters. The van der Waals surface area contributed by atoms with Gasteiger partial charge in [0.25, 0.3) is 0 Å². The first kappa shape index (κ1) is 13.3. The first-order valence-corrected chi connectivity index (χ1v) is 6.01. The Labute approximate surface area is 112 Å². The topological polar surface area (TPSA) is 62.3 Å². The zero-order valence-corrected chi connectivity index (χ0v) is 11.9. The second-order valence-corrected chi connectivity index (χ2v) is 4.50. The first-order valence-electron chi connectivity index (χ1n) is 6.01. The van der Waals surface area contributed by atoms with E-state index in [9.17, 15) is 0 Å². The van der Waals surface area contributed by atoms with Gasteiger partial charge in [0, 0.05) is 18.2 Å². The molecule has 5 heteroatoms. The quantitative estimate of drug-likeness (QED) is 0.921. The number of hydrogen-bond donors (Lipinski definition) is 1. The number of aryl methyl sites for hydroxylation is 2. The molecule has 0 saturated carbocycles. The van der Waals surface area contributed by atoms with E-state index in [0.29, 0.717) is 11.6 Å². The molecule has 2 rings (SSSR count). The van der Waals surface area contributed by atoms with Crippen LogP contribution in [0.15, 0.2) is 12.1 Å². The van der Waals surface area contributed by atoms with Crippen LogP contribution in [0.5, 0.6) is 11.5 Å². The Balaban J connectivity index is 2.69. The minimum atomic E-state index is 0.548. The van der Waals surface area contributed by atoms with Crippen LogP contribution in [0.2, 0.25) is 0 Å². The van der Waals surface area contributed by atoms with Crippen LogP contribution in [0.4, 0.5) is 5.82 Å². The van der Waals surface area contributed by atoms with Crippen molar-refractivity contribution in [2.45, 2.75) is 13.8 Å². The van der Waals surface area contributed by atoms with Crippen molar-refractivity contribution < 1.29 is 9.47 Å². The highest BCUT2D eigenvalue weighted by molar-refractivity contribution is 5.73. The van der Waals surface area contributed by atoms with E-state index in [-0.39, 0.29) is 0 Å². The summed E-state index contributed by atoms with van der Waals surface area (Å²) < 4.78 is 12.4. The molecule has 0 spiro atoms. The number of nitrogens with two attached hydrogens (primary N) is 1. The maximum Gasteiger partial charge on any atom is 0.161 e. The molecule has 0 amide bonds. The summed E-state index contributed by atoms with van der Waals surface area (Å²) in [6.45, 7) is 3.99. The number of methoxy groups -OCH3 is 2. The molecule has 0 radical (unpaired) electrons. The van der Waals surface area contributed by atoms with Crippen molar-refractivity contribution in [3.8, 4) is 22.8 Å². The van der Waals surface area contributed by atoms with E-state index in [1.807, 2.05) is 33.0 Å². The van der Waals surface area contributed by atoms with Crippen molar-refractivity contribution in [1.29, 1.82) is 0 Å². The molecule has 1 heterocycles. The molecule has 0 aliphatic rings. The van der Waals surface area contributed by atoms with Crippen LogP contribution in [-0.4, -0.2) is 24.0 Å². The van der Waals surface area contributed by atoms with Crippen LogP contribution >= 0.6 is 0 Å². The average molecular weight is 261 g/mol. The van der Waals surface area contributed by atoms with E-state index < -0.39 is 0 Å². The van der Waals surface area contributed by atoms with E-state index >= 15 is 0 Å². The van der Waals surface area contributed by atoms with Crippen molar-refractivity contribution in [2.24, 2.45) is 7.05 Å². The van der Waals surface area contributed by atoms with Crippen LogP contribution in [-0.2, 0) is 7.05 Å². The number of hydrogen-bond acceptors (Lipinski definition) is 4. The summed E-state index contributed by atoms with van der Waals surface area (Å²) >= 11 is 0. The van der Waals surface area contributed by atoms with E-state index in [0.717, 1.165) is 28.1 Å². The first-order chi connectivity index (χ1) is 8.99. The van der Waals surface area contributed by atoms with Gasteiger partial charge in [0.15, 0.2) is 11.5 Å². The van der Waals surface area contributed by atoms with Crippen molar-refractivity contribution in [3.63, 3.8) is 0 Å². The summed E-state index contributed by atoms with van der Waals surface area (Å²) in [6.07, 6.45) is 0. The normalized spacial score (nSPS) is 10.6. The Morgan fingerprint density at radius 3 is 2.16 bits per heavy atom. The zero-order chi connectivity index (χ0) is 14.2. The maximum absolute atomic E-state index is 5.87. The lowest BCUT2D eigenvalue weighted by molar-refractivity contribution is 0.355. The molecular formula is C14H19N3O2. The fourth-order valence-electron chi connectivity index (χ4n) is 2.26. The highest BCUT2D eigenvalue weighted by Crippen LogP contribution is 2.37. The van der Waals surface area contributed by atoms with Gasteiger partial charge >= 0.3 is 0 Å². The highest BCUT2D eigenvalue weighted by Gasteiger charge is 2.17. The minimum absolute atomic E-state index is 0.548. The van der Waals surface area contributed by atoms with Crippen LogP contribution in [0.25, 0.3) is 11.3 Å². The van der Waals surface area contributed by atoms with E-state index in [4.69, 9.17) is 15.2 Å². The average Bonchev–Trinajstić information content (AvgIpc) is 2.63. The zero-order valence-electron chi connectivity index (χ0n) is 11.9. The third-order valence-corrected chi connectivity index (χ3v) is 3.31. The van der Waals surface area contributed by atoms with Crippen LogP contribution in [0.3, 0.4) is 0 Å². The summed E-state index contributed by atoms with van der Waals surface area (Å²) in [5.74, 6) is 1.96. The molecule has 0 aliphatic carbocycles. The summed E-state index contributed by atoms with van der Waals surface area (Å²) in [4.78, 5) is 0. The monoisotopic (exact) mass is 261 g/mol. The number of rotatable bonds is 3. The predicted molar refractivity (Wildman–Crippen MR) is 75.6 cm³/mol. The largest absolute Gasteiger partial charge is 0.493 e. The van der Waals surface area contributed by atoms with Crippen molar-refractivity contribution in [1.82, 2.24) is 9.78 Å². The Bertz CT molecular complexity index is 618. The third-order valence-electron chi connectivity index (χ3n) is 3.31. The van der Waals surface area contributed by atoms with E-state index in [2.05, 4.69) is 5.10 Å². The second kappa shape index (κ2) is 4.84. The molecule has 0 saturated heterocycles. The molecule has 19 heavy (non-hydrogen) atoms. The van der Waals surface area contributed by atoms with Gasteiger partial charge in [0.2, 0.25) is 0 Å². The smallest absolute Gasteiger partial charge is 0.161 e. The second-order valence-electron chi connectivity index (χ2n) is 4.50. The third kappa shape index (κ3) is 2.12. The lowest BCUT2D eigenvalue weighted by Crippen LogP contribution is -1.98. The Kier molecular flexibility index (Phi) is 3.38. The predicted octanol–water partition coefficient (Wildman–Crippen LogP) is 2.30. The Morgan fingerprint density at radius 2 is 1.68 bits per heavy atom. The fraction of sp³-hybridized carbons (Fsp3) is 0.357. The molecule has 0 unspecified atom stereocenters. The van der Waals surface area contributed by atoms with Crippen molar-refractivity contribution in [3.05, 3.63) is 23.3 Å². The molecule has 0 aliphatic heterocycles. The summed E-state index contributed by atoms with van der Waals surface area (Å²) in [7, 11) is 5.14. The molecule has 0 fully saturated rings. The van der Waals surface area contributed by atoms with Crippen molar-refractivity contribution >= 4 is 5.82 Å². The summed E-state index contributed by atoms with van der Waals surface area (Å²) in [5, 5.41) is 4.25. The van der Waals surface area contributed by atoms with Gasteiger partial charge in [-0.15, -0.1) is 0 Å². The molecule has 1 aromatic heterocycles. The van der Waals surface area contributed by atoms with Gasteiger partial charge in [-0.2, -0.15) is 5.10 Å². The number of benzene rings is 1. The number of ether oxygens (including phenoxy) is 2. The standard InChI is InChI=1S/C14H19N3O2/c1-8-6-11(18-4)12(19-5)7-10(8)13-9(2)14(15)16-17(13)3/h6-7H,1-5H3,(H2,15,16). The van der Waals surface area contributed by atoms with Crippen LogP contribution in [0.1, 0.15) is 11.1 Å². The molecule has 1 aromatic carbocycles. The number of nitrogen functional groups attached to an aromatic ring is 1. The molecule has 2 N–H and O–H groups in total. The molecule has 102 valence electrons. The number of anilines is 1. The van der Waals surface area contributed by atoms with Gasteiger partial charge in [-0.05, 0) is 31.5 Å². The molecule has 5 nitrogen and oxygen atoms in total. The molecule has 2 aromatic rings. The Morgan fingerprint density at radius 1 is 1.11 bits per heavy atom. The van der Waals surface area contributed by atoms with E-state index in [1.165, 1.54) is 0 Å². The fourth-order valence-corrected chi connectivity index (χ4v) is 2.26. The van der Waals surface area contributed by atoms with Gasteiger partial charge in [-0.3, -0.25) is 4.68 Å². The van der Waals surface area contributed by atoms with Gasteiger partial charge in [0.1, 0.15) is 5.82 Å². The number of aromatic nitrogens is 2. The lowest BCUT2D eigenvalue weighted by Gasteiger charge is -2.13. The number of nitrogens with zero attached hydrogens (tertiary/aromatic N) is 2. The molecular weight excluding hydrogens is 242 g/mol. The maximum atomic E-state index is 5.87. The molecule has 0 bridgehead atoms. The highest BCUT2D eigenvalue weighted by atomic mass is 16.5. The van der Waals surface area contributed by atoms with Crippen LogP contribution in [0, 0.1) is 13.8 Å². The van der Waals surface area contributed by atoms with Gasteiger partial charge < -0.3 is 15.2 Å². The minimum Gasteiger partial charge on any atom is -0.493 e. The van der Waals surface area contributed by atoms with Crippen LogP contribution < -0.4 is 15.2 Å². The van der Waals surface area contributed by atoms with E-state index in [1.54, 1.807) is 18.9 Å². The van der Waals surface area contributed by atoms with Crippen molar-refractivity contribution in [2.75, 3.05) is 20.0 Å². The lowest BCUT2D eigenvalue weighted by atomic mass is 10.0. The SMILES string of the molecule is COc1cc(C)c(-c2c(C)c(N)nn2C)cc1OC. The van der Waals surface area contributed by atoms with Gasteiger partial charge in [-0.1, -0.05) is 0 Å². The summed E-state index contributed by atoms with van der Waals surface area (Å²) in [5.41, 5.74) is 9.96.